The largest absolute Gasteiger partial charge is 0.508 e. The Kier molecular flexibility index (Phi) is 9.89. The van der Waals surface area contributed by atoms with Gasteiger partial charge in [0.15, 0.2) is 23.0 Å². The number of ether oxygens (including phenoxy) is 2. The number of hydrogen-bond acceptors (Lipinski definition) is 8. The Morgan fingerprint density at radius 1 is 0.379 bits per heavy atom. The Morgan fingerprint density at radius 2 is 0.879 bits per heavy atom. The molecule has 6 N–H and O–H groups in total. The molecule has 0 aliphatic carbocycles. The predicted octanol–water partition coefficient (Wildman–Crippen LogP) is 15.2. The van der Waals surface area contributed by atoms with Gasteiger partial charge in [-0.25, -0.2) is 0 Å². The summed E-state index contributed by atoms with van der Waals surface area (Å²) >= 11 is 8.58. The van der Waals surface area contributed by atoms with Gasteiger partial charge in [0.2, 0.25) is 0 Å². The Morgan fingerprint density at radius 3 is 1.52 bits per heavy atom. The lowest BCUT2D eigenvalue weighted by Gasteiger charge is -2.32. The quantitative estimate of drug-likeness (QED) is 0.0962. The van der Waals surface area contributed by atoms with Gasteiger partial charge in [0, 0.05) is 39.7 Å². The van der Waals surface area contributed by atoms with Crippen LogP contribution in [0.1, 0.15) is 45.2 Å². The highest BCUT2D eigenvalue weighted by Crippen LogP contribution is 2.59. The minimum atomic E-state index is -0.521. The molecule has 2 atom stereocenters. The maximum Gasteiger partial charge on any atom is 0.174 e. The first-order valence-corrected chi connectivity index (χ1v) is 25.0. The van der Waals surface area contributed by atoms with E-state index in [-0.39, 0.29) is 51.9 Å². The molecule has 0 radical (unpaired) electrons. The van der Waals surface area contributed by atoms with E-state index in [1.54, 1.807) is 30.3 Å². The summed E-state index contributed by atoms with van der Waals surface area (Å²) in [6.07, 6.45) is 0. The van der Waals surface area contributed by atoms with Crippen molar-refractivity contribution in [3.05, 3.63) is 181 Å². The molecule has 10 aromatic carbocycles. The molecule has 12 rings (SSSR count). The van der Waals surface area contributed by atoms with Crippen LogP contribution in [0.2, 0.25) is 0 Å². The van der Waals surface area contributed by atoms with Crippen LogP contribution in [0.5, 0.6) is 57.5 Å². The Balaban J connectivity index is 1.05. The maximum atomic E-state index is 12.1. The third-order valence-corrected chi connectivity index (χ3v) is 16.2. The first-order chi connectivity index (χ1) is 31.8. The van der Waals surface area contributed by atoms with E-state index in [1.165, 1.54) is 0 Å². The Labute approximate surface area is 430 Å². The average molecular weight is 1310 g/mol. The van der Waals surface area contributed by atoms with E-state index in [2.05, 4.69) is 90.4 Å². The fraction of sp³-hybridized carbons (Fsp3) is 0.0370. The summed E-state index contributed by atoms with van der Waals surface area (Å²) in [5.74, 6) is 1.37. The zero-order chi connectivity index (χ0) is 45.4. The van der Waals surface area contributed by atoms with Crippen LogP contribution in [0.25, 0.3) is 54.2 Å². The third-order valence-electron chi connectivity index (χ3n) is 12.9. The fourth-order valence-corrected chi connectivity index (χ4v) is 13.7. The van der Waals surface area contributed by atoms with Crippen molar-refractivity contribution in [2.45, 2.75) is 11.8 Å². The highest BCUT2D eigenvalue weighted by molar-refractivity contribution is 14.1. The lowest BCUT2D eigenvalue weighted by molar-refractivity contribution is 0.372. The van der Waals surface area contributed by atoms with Gasteiger partial charge in [-0.1, -0.05) is 54.6 Å². The molecule has 10 aromatic rings. The van der Waals surface area contributed by atoms with Crippen LogP contribution in [0.4, 0.5) is 0 Å². The van der Waals surface area contributed by atoms with Crippen molar-refractivity contribution >= 4 is 133 Å². The summed E-state index contributed by atoms with van der Waals surface area (Å²) in [5.41, 5.74) is 6.31. The van der Waals surface area contributed by atoms with E-state index >= 15 is 0 Å². The average Bonchev–Trinajstić information content (AvgIpc) is 3.30. The summed E-state index contributed by atoms with van der Waals surface area (Å²) in [6.45, 7) is 0. The van der Waals surface area contributed by atoms with Crippen molar-refractivity contribution in [3.8, 4) is 68.6 Å². The molecule has 2 heterocycles. The number of aromatic hydroxyl groups is 6. The number of phenols is 6. The number of halogens is 4. The van der Waals surface area contributed by atoms with E-state index in [9.17, 15) is 30.6 Å². The summed E-state index contributed by atoms with van der Waals surface area (Å²) in [7, 11) is 0. The SMILES string of the molecule is Oc1ccc2c3c(ccc2c1)Oc1ccc2cc(-c4ccc5c6c(c(O)cc5c4)Oc4c(O)cc5ccccc5c4C6c4cc(I)c(O)c(I)c4)c(O)cc2c1C3c1cc(I)c(O)c(I)c1. The van der Waals surface area contributed by atoms with Crippen molar-refractivity contribution in [3.63, 3.8) is 0 Å². The van der Waals surface area contributed by atoms with Gasteiger partial charge in [-0.3, -0.25) is 0 Å². The van der Waals surface area contributed by atoms with Gasteiger partial charge >= 0.3 is 0 Å². The highest BCUT2D eigenvalue weighted by atomic mass is 127. The van der Waals surface area contributed by atoms with Crippen LogP contribution in [0, 0.1) is 14.3 Å². The molecule has 0 spiro atoms. The van der Waals surface area contributed by atoms with E-state index in [4.69, 9.17) is 9.47 Å². The summed E-state index contributed by atoms with van der Waals surface area (Å²) in [4.78, 5) is 0. The van der Waals surface area contributed by atoms with E-state index in [0.717, 1.165) is 71.1 Å². The second-order valence-corrected chi connectivity index (χ2v) is 21.3. The normalized spacial score (nSPS) is 15.0. The fourth-order valence-electron chi connectivity index (χ4n) is 10.1. The van der Waals surface area contributed by atoms with Crippen molar-refractivity contribution in [1.82, 2.24) is 0 Å². The molecule has 0 fully saturated rings. The first-order valence-electron chi connectivity index (χ1n) is 20.6. The Bertz CT molecular complexity index is 3770. The third kappa shape index (κ3) is 6.44. The van der Waals surface area contributed by atoms with Crippen molar-refractivity contribution < 1.29 is 40.1 Å². The second kappa shape index (κ2) is 15.6. The van der Waals surface area contributed by atoms with Crippen LogP contribution >= 0.6 is 90.4 Å². The number of fused-ring (bicyclic) bond motifs is 12. The molecule has 2 aliphatic rings. The number of hydrogen-bond donors (Lipinski definition) is 6. The Hall–Kier alpha value is -5.44. The molecule has 0 saturated heterocycles. The van der Waals surface area contributed by atoms with Gasteiger partial charge in [-0.2, -0.15) is 0 Å². The molecular formula is C54H30I4O8. The predicted molar refractivity (Wildman–Crippen MR) is 291 cm³/mol. The molecule has 0 amide bonds. The topological polar surface area (TPSA) is 140 Å². The van der Waals surface area contributed by atoms with E-state index in [0.29, 0.717) is 42.3 Å². The van der Waals surface area contributed by atoms with Gasteiger partial charge in [0.1, 0.15) is 34.5 Å². The monoisotopic (exact) mass is 1310 g/mol. The molecular weight excluding hydrogens is 1280 g/mol. The van der Waals surface area contributed by atoms with Crippen LogP contribution in [-0.4, -0.2) is 30.6 Å². The van der Waals surface area contributed by atoms with Crippen molar-refractivity contribution in [2.75, 3.05) is 0 Å². The van der Waals surface area contributed by atoms with Gasteiger partial charge in [-0.05, 0) is 229 Å². The molecule has 0 bridgehead atoms. The van der Waals surface area contributed by atoms with Crippen LogP contribution in [0.3, 0.4) is 0 Å². The zero-order valence-corrected chi connectivity index (χ0v) is 42.5. The zero-order valence-electron chi connectivity index (χ0n) is 33.9. The maximum absolute atomic E-state index is 12.1. The minimum Gasteiger partial charge on any atom is -0.508 e. The van der Waals surface area contributed by atoms with Crippen molar-refractivity contribution in [1.29, 1.82) is 0 Å². The van der Waals surface area contributed by atoms with Crippen molar-refractivity contribution in [2.24, 2.45) is 0 Å². The molecule has 0 aromatic heterocycles. The number of phenolic OH excluding ortho intramolecular Hbond substituents is 6. The lowest BCUT2D eigenvalue weighted by atomic mass is 9.77. The highest BCUT2D eigenvalue weighted by Gasteiger charge is 2.37. The van der Waals surface area contributed by atoms with E-state index in [1.807, 2.05) is 103 Å². The van der Waals surface area contributed by atoms with Crippen LogP contribution in [0.15, 0.2) is 133 Å². The smallest absolute Gasteiger partial charge is 0.174 e. The van der Waals surface area contributed by atoms with Gasteiger partial charge < -0.3 is 40.1 Å². The molecule has 0 saturated carbocycles. The van der Waals surface area contributed by atoms with Crippen LogP contribution in [-0.2, 0) is 0 Å². The van der Waals surface area contributed by atoms with Crippen LogP contribution < -0.4 is 9.47 Å². The van der Waals surface area contributed by atoms with Gasteiger partial charge in [-0.15, -0.1) is 0 Å². The van der Waals surface area contributed by atoms with Gasteiger partial charge in [0.05, 0.1) is 14.3 Å². The molecule has 2 aliphatic heterocycles. The number of rotatable bonds is 3. The summed E-state index contributed by atoms with van der Waals surface area (Å²) < 4.78 is 15.9. The summed E-state index contributed by atoms with van der Waals surface area (Å²) in [5, 5.41) is 74.2. The number of benzene rings is 10. The summed E-state index contributed by atoms with van der Waals surface area (Å²) in [6, 6.07) is 41.8. The second-order valence-electron chi connectivity index (χ2n) is 16.6. The first kappa shape index (κ1) is 42.0. The lowest BCUT2D eigenvalue weighted by Crippen LogP contribution is -2.14. The molecule has 66 heavy (non-hydrogen) atoms. The van der Waals surface area contributed by atoms with E-state index < -0.39 is 5.92 Å². The standard InChI is InChI=1S/C54H30I4O8/c55-36-16-28(17-37(56)51(36)63)45-47-32-10-8-30(59)14-25(32)6-11-43(47)65-44-12-7-26-15-34(40(60)22-35(26)48(44)45)24-5-9-33-27(13-24)21-42(62)54-50(33)46(29-18-38(57)52(64)39(58)19-29)49-31-4-2-1-3-23(31)20-41(61)53(49)66-54/h1-22,45-46,59-64H. The molecule has 12 heteroatoms. The molecule has 2 unspecified atom stereocenters. The van der Waals surface area contributed by atoms with Gasteiger partial charge in [0.25, 0.3) is 0 Å². The molecule has 322 valence electrons. The molecule has 8 nitrogen and oxygen atoms in total. The minimum absolute atomic E-state index is 0.0463.